The van der Waals surface area contributed by atoms with Crippen LogP contribution in [0, 0.1) is 5.82 Å². The van der Waals surface area contributed by atoms with Gasteiger partial charge >= 0.3 is 0 Å². The second-order valence-corrected chi connectivity index (χ2v) is 4.95. The summed E-state index contributed by atoms with van der Waals surface area (Å²) in [5.41, 5.74) is 1.64. The van der Waals surface area contributed by atoms with Crippen LogP contribution in [0.5, 0.6) is 5.75 Å². The molecule has 0 aliphatic rings. The number of hydrogen-bond acceptors (Lipinski definition) is 2. The Morgan fingerprint density at radius 1 is 1.25 bits per heavy atom. The lowest BCUT2D eigenvalue weighted by Crippen LogP contribution is -2.20. The van der Waals surface area contributed by atoms with E-state index in [-0.39, 0.29) is 16.9 Å². The van der Waals surface area contributed by atoms with Crippen LogP contribution < -0.4 is 10.1 Å². The predicted molar refractivity (Wildman–Crippen MR) is 79.9 cm³/mol. The van der Waals surface area contributed by atoms with Gasteiger partial charge in [0.25, 0.3) is 0 Å². The van der Waals surface area contributed by atoms with E-state index in [4.69, 9.17) is 16.3 Å². The van der Waals surface area contributed by atoms with E-state index < -0.39 is 0 Å². The lowest BCUT2D eigenvalue weighted by molar-refractivity contribution is 0.414. The second-order valence-electron chi connectivity index (χ2n) is 4.54. The van der Waals surface area contributed by atoms with Crippen LogP contribution in [0.25, 0.3) is 0 Å². The lowest BCUT2D eigenvalue weighted by Gasteiger charge is -2.18. The number of hydrogen-bond donors (Lipinski definition) is 1. The van der Waals surface area contributed by atoms with Crippen molar-refractivity contribution in [3.8, 4) is 5.75 Å². The van der Waals surface area contributed by atoms with Crippen LogP contribution in [-0.4, -0.2) is 14.2 Å². The zero-order chi connectivity index (χ0) is 14.5. The first kappa shape index (κ1) is 14.8. The smallest absolute Gasteiger partial charge is 0.146 e. The van der Waals surface area contributed by atoms with E-state index >= 15 is 0 Å². The third-order valence-electron chi connectivity index (χ3n) is 3.28. The molecule has 1 atom stereocenters. The monoisotopic (exact) mass is 293 g/mol. The minimum atomic E-state index is -0.364. The van der Waals surface area contributed by atoms with Crippen molar-refractivity contribution in [2.75, 3.05) is 14.2 Å². The van der Waals surface area contributed by atoms with E-state index in [1.54, 1.807) is 25.3 Å². The Labute approximate surface area is 123 Å². The van der Waals surface area contributed by atoms with Gasteiger partial charge in [-0.05, 0) is 37.2 Å². The summed E-state index contributed by atoms with van der Waals surface area (Å²) < 4.78 is 19.3. The molecule has 4 heteroatoms. The van der Waals surface area contributed by atoms with Gasteiger partial charge in [-0.3, -0.25) is 0 Å². The number of rotatable bonds is 5. The molecular weight excluding hydrogens is 277 g/mol. The maximum atomic E-state index is 14.1. The average molecular weight is 294 g/mol. The fourth-order valence-corrected chi connectivity index (χ4v) is 2.37. The second kappa shape index (κ2) is 6.73. The summed E-state index contributed by atoms with van der Waals surface area (Å²) in [5.74, 6) is 0.431. The fraction of sp³-hybridized carbons (Fsp3) is 0.250. The third kappa shape index (κ3) is 3.30. The molecule has 20 heavy (non-hydrogen) atoms. The van der Waals surface area contributed by atoms with Gasteiger partial charge in [-0.2, -0.15) is 0 Å². The standard InChI is InChI=1S/C16H17ClFNO/c1-19-15(13-7-4-8-14(17)16(13)18)10-11-5-3-6-12(9-11)20-2/h3-9,15,19H,10H2,1-2H3. The Morgan fingerprint density at radius 2 is 2.00 bits per heavy atom. The Kier molecular flexibility index (Phi) is 4.99. The van der Waals surface area contributed by atoms with Gasteiger partial charge in [0.2, 0.25) is 0 Å². The Bertz CT molecular complexity index is 588. The summed E-state index contributed by atoms with van der Waals surface area (Å²) in [4.78, 5) is 0. The highest BCUT2D eigenvalue weighted by Crippen LogP contribution is 2.26. The van der Waals surface area contributed by atoms with Crippen LogP contribution in [0.2, 0.25) is 5.02 Å². The molecule has 2 aromatic carbocycles. The number of benzene rings is 2. The van der Waals surface area contributed by atoms with Crippen LogP contribution in [0.3, 0.4) is 0 Å². The number of ether oxygens (including phenoxy) is 1. The molecule has 2 aromatic rings. The Balaban J connectivity index is 2.26. The van der Waals surface area contributed by atoms with E-state index in [1.165, 1.54) is 0 Å². The van der Waals surface area contributed by atoms with E-state index in [9.17, 15) is 4.39 Å². The molecule has 106 valence electrons. The first-order valence-electron chi connectivity index (χ1n) is 6.39. The minimum Gasteiger partial charge on any atom is -0.497 e. The number of likely N-dealkylation sites (N-methyl/N-ethyl adjacent to an activating group) is 1. The van der Waals surface area contributed by atoms with Crippen molar-refractivity contribution in [2.45, 2.75) is 12.5 Å². The average Bonchev–Trinajstić information content (AvgIpc) is 2.48. The van der Waals surface area contributed by atoms with Crippen LogP contribution in [-0.2, 0) is 6.42 Å². The minimum absolute atomic E-state index is 0.138. The quantitative estimate of drug-likeness (QED) is 0.900. The van der Waals surface area contributed by atoms with E-state index in [0.717, 1.165) is 11.3 Å². The first-order chi connectivity index (χ1) is 9.65. The van der Waals surface area contributed by atoms with E-state index in [0.29, 0.717) is 12.0 Å². The summed E-state index contributed by atoms with van der Waals surface area (Å²) in [5, 5.41) is 3.28. The molecule has 0 aliphatic heterocycles. The molecule has 1 unspecified atom stereocenters. The Hall–Kier alpha value is -1.58. The SMILES string of the molecule is CNC(Cc1cccc(OC)c1)c1cccc(Cl)c1F. The maximum Gasteiger partial charge on any atom is 0.146 e. The van der Waals surface area contributed by atoms with Gasteiger partial charge in [-0.25, -0.2) is 4.39 Å². The molecule has 0 saturated carbocycles. The molecule has 0 amide bonds. The van der Waals surface area contributed by atoms with Gasteiger partial charge in [0, 0.05) is 11.6 Å². The van der Waals surface area contributed by atoms with Crippen molar-refractivity contribution < 1.29 is 9.13 Å². The van der Waals surface area contributed by atoms with Gasteiger partial charge in [-0.15, -0.1) is 0 Å². The molecule has 1 N–H and O–H groups in total. The summed E-state index contributed by atoms with van der Waals surface area (Å²) in [6, 6.07) is 12.7. The molecule has 2 nitrogen and oxygen atoms in total. The maximum absolute atomic E-state index is 14.1. The highest BCUT2D eigenvalue weighted by molar-refractivity contribution is 6.30. The number of nitrogens with one attached hydrogen (secondary N) is 1. The fourth-order valence-electron chi connectivity index (χ4n) is 2.19. The molecule has 0 fully saturated rings. The molecule has 2 rings (SSSR count). The normalized spacial score (nSPS) is 12.2. The Morgan fingerprint density at radius 3 is 2.70 bits per heavy atom. The zero-order valence-corrected chi connectivity index (χ0v) is 12.2. The molecule has 0 spiro atoms. The van der Waals surface area contributed by atoms with Crippen molar-refractivity contribution >= 4 is 11.6 Å². The van der Waals surface area contributed by atoms with Crippen LogP contribution in [0.15, 0.2) is 42.5 Å². The van der Waals surface area contributed by atoms with Crippen LogP contribution in [0.1, 0.15) is 17.2 Å². The third-order valence-corrected chi connectivity index (χ3v) is 3.57. The van der Waals surface area contributed by atoms with Gasteiger partial charge in [0.15, 0.2) is 0 Å². The number of methoxy groups -OCH3 is 1. The summed E-state index contributed by atoms with van der Waals surface area (Å²) >= 11 is 5.84. The van der Waals surface area contributed by atoms with Gasteiger partial charge in [-0.1, -0.05) is 35.9 Å². The highest BCUT2D eigenvalue weighted by Gasteiger charge is 2.16. The van der Waals surface area contributed by atoms with E-state index in [2.05, 4.69) is 5.32 Å². The van der Waals surface area contributed by atoms with Gasteiger partial charge in [0.05, 0.1) is 12.1 Å². The molecule has 0 bridgehead atoms. The molecule has 0 saturated heterocycles. The van der Waals surface area contributed by atoms with Crippen molar-refractivity contribution in [3.63, 3.8) is 0 Å². The largest absolute Gasteiger partial charge is 0.497 e. The van der Waals surface area contributed by atoms with Crippen LogP contribution >= 0.6 is 11.6 Å². The molecule has 0 aliphatic carbocycles. The lowest BCUT2D eigenvalue weighted by atomic mass is 9.98. The zero-order valence-electron chi connectivity index (χ0n) is 11.5. The molecular formula is C16H17ClFNO. The summed E-state index contributed by atoms with van der Waals surface area (Å²) in [6.07, 6.45) is 0.658. The molecule has 0 aromatic heterocycles. The van der Waals surface area contributed by atoms with Crippen molar-refractivity contribution in [3.05, 3.63) is 64.4 Å². The van der Waals surface area contributed by atoms with Crippen molar-refractivity contribution in [1.29, 1.82) is 0 Å². The van der Waals surface area contributed by atoms with Crippen LogP contribution in [0.4, 0.5) is 4.39 Å². The van der Waals surface area contributed by atoms with Crippen molar-refractivity contribution in [2.24, 2.45) is 0 Å². The number of halogens is 2. The van der Waals surface area contributed by atoms with Crippen molar-refractivity contribution in [1.82, 2.24) is 5.32 Å². The predicted octanol–water partition coefficient (Wildman–Crippen LogP) is 3.99. The molecule has 0 heterocycles. The topological polar surface area (TPSA) is 21.3 Å². The summed E-state index contributed by atoms with van der Waals surface area (Å²) in [6.45, 7) is 0. The van der Waals surface area contributed by atoms with Gasteiger partial charge in [0.1, 0.15) is 11.6 Å². The first-order valence-corrected chi connectivity index (χ1v) is 6.77. The summed E-state index contributed by atoms with van der Waals surface area (Å²) in [7, 11) is 3.44. The van der Waals surface area contributed by atoms with E-state index in [1.807, 2.05) is 31.3 Å². The molecule has 0 radical (unpaired) electrons. The van der Waals surface area contributed by atoms with Gasteiger partial charge < -0.3 is 10.1 Å². The highest BCUT2D eigenvalue weighted by atomic mass is 35.5.